The second-order valence-electron chi connectivity index (χ2n) is 6.08. The molecule has 4 heterocycles. The van der Waals surface area contributed by atoms with Crippen molar-refractivity contribution in [2.24, 2.45) is 5.92 Å². The SMILES string of the molecule is Br.Brc1nnc(-c2cccnc2)s1.c1cncc(-c2nnc(NCC3CC3)s2)c1. The highest BCUT2D eigenvalue weighted by Gasteiger charge is 2.21. The van der Waals surface area contributed by atoms with Gasteiger partial charge in [0.15, 0.2) is 8.92 Å². The van der Waals surface area contributed by atoms with Crippen LogP contribution in [0.25, 0.3) is 21.1 Å². The number of rotatable bonds is 5. The maximum absolute atomic E-state index is 4.15. The minimum absolute atomic E-state index is 0. The van der Waals surface area contributed by atoms with Crippen molar-refractivity contribution in [3.05, 3.63) is 53.0 Å². The summed E-state index contributed by atoms with van der Waals surface area (Å²) in [6, 6.07) is 7.75. The lowest BCUT2D eigenvalue weighted by Gasteiger charge is -1.97. The van der Waals surface area contributed by atoms with Crippen LogP contribution in [0.5, 0.6) is 0 Å². The topological polar surface area (TPSA) is 89.4 Å². The van der Waals surface area contributed by atoms with Gasteiger partial charge < -0.3 is 5.32 Å². The predicted octanol–water partition coefficient (Wildman–Crippen LogP) is 5.36. The van der Waals surface area contributed by atoms with Gasteiger partial charge in [-0.2, -0.15) is 0 Å². The molecule has 0 saturated heterocycles. The average Bonchev–Trinajstić information content (AvgIpc) is 3.28. The smallest absolute Gasteiger partial charge is 0.206 e. The van der Waals surface area contributed by atoms with Crippen LogP contribution in [0.4, 0.5) is 5.13 Å². The second kappa shape index (κ2) is 10.8. The average molecular weight is 555 g/mol. The van der Waals surface area contributed by atoms with Crippen molar-refractivity contribution in [3.63, 3.8) is 0 Å². The third kappa shape index (κ3) is 6.59. The van der Waals surface area contributed by atoms with E-state index < -0.39 is 0 Å². The number of anilines is 1. The predicted molar refractivity (Wildman–Crippen MR) is 126 cm³/mol. The molecule has 5 rings (SSSR count). The Bertz CT molecular complexity index is 1010. The maximum atomic E-state index is 4.15. The molecule has 0 aliphatic heterocycles. The Morgan fingerprint density at radius 3 is 2.03 bits per heavy atom. The molecular weight excluding hydrogens is 538 g/mol. The summed E-state index contributed by atoms with van der Waals surface area (Å²) in [6.45, 7) is 1.03. The molecule has 1 aliphatic rings. The quantitative estimate of drug-likeness (QED) is 0.355. The molecule has 0 bridgehead atoms. The van der Waals surface area contributed by atoms with Crippen LogP contribution in [0.1, 0.15) is 12.8 Å². The van der Waals surface area contributed by atoms with Gasteiger partial charge in [0.1, 0.15) is 5.01 Å². The van der Waals surface area contributed by atoms with E-state index in [1.165, 1.54) is 24.2 Å². The van der Waals surface area contributed by atoms with Gasteiger partial charge in [0.2, 0.25) is 5.13 Å². The Kier molecular flexibility index (Phi) is 8.16. The Morgan fingerprint density at radius 1 is 0.897 bits per heavy atom. The third-order valence-corrected chi connectivity index (χ3v) is 6.22. The highest BCUT2D eigenvalue weighted by Crippen LogP contribution is 2.30. The maximum Gasteiger partial charge on any atom is 0.206 e. The lowest BCUT2D eigenvalue weighted by atomic mass is 10.3. The zero-order valence-electron chi connectivity index (χ0n) is 15.1. The Hall–Kier alpha value is -1.82. The van der Waals surface area contributed by atoms with Gasteiger partial charge in [-0.15, -0.1) is 37.4 Å². The van der Waals surface area contributed by atoms with E-state index in [1.54, 1.807) is 29.9 Å². The fourth-order valence-corrected chi connectivity index (χ4v) is 4.11. The van der Waals surface area contributed by atoms with Crippen LogP contribution in [0.3, 0.4) is 0 Å². The number of pyridine rings is 2. The van der Waals surface area contributed by atoms with Crippen molar-refractivity contribution >= 4 is 60.7 Å². The molecule has 1 aliphatic carbocycles. The van der Waals surface area contributed by atoms with Gasteiger partial charge in [-0.05, 0) is 59.0 Å². The minimum atomic E-state index is 0. The molecular formula is C18H17Br2N7S2. The number of nitrogens with zero attached hydrogens (tertiary/aromatic N) is 6. The summed E-state index contributed by atoms with van der Waals surface area (Å²) in [7, 11) is 0. The van der Waals surface area contributed by atoms with Crippen molar-refractivity contribution in [2.75, 3.05) is 11.9 Å². The number of hydrogen-bond donors (Lipinski definition) is 1. The number of hydrogen-bond acceptors (Lipinski definition) is 9. The molecule has 0 unspecified atom stereocenters. The van der Waals surface area contributed by atoms with Crippen LogP contribution < -0.4 is 5.32 Å². The Labute approximate surface area is 195 Å². The van der Waals surface area contributed by atoms with E-state index >= 15 is 0 Å². The molecule has 4 aromatic heterocycles. The molecule has 1 fully saturated rings. The summed E-state index contributed by atoms with van der Waals surface area (Å²) in [6.07, 6.45) is 9.77. The highest BCUT2D eigenvalue weighted by atomic mass is 79.9. The first kappa shape index (κ1) is 21.9. The lowest BCUT2D eigenvalue weighted by Crippen LogP contribution is -2.02. The normalized spacial score (nSPS) is 12.4. The van der Waals surface area contributed by atoms with Gasteiger partial charge >= 0.3 is 0 Å². The third-order valence-electron chi connectivity index (χ3n) is 3.88. The summed E-state index contributed by atoms with van der Waals surface area (Å²) in [4.78, 5) is 8.07. The molecule has 0 spiro atoms. The zero-order valence-corrected chi connectivity index (χ0v) is 20.0. The molecule has 1 saturated carbocycles. The molecule has 150 valence electrons. The molecule has 1 N–H and O–H groups in total. The van der Waals surface area contributed by atoms with Crippen LogP contribution >= 0.6 is 55.6 Å². The Morgan fingerprint density at radius 2 is 1.52 bits per heavy atom. The fourth-order valence-electron chi connectivity index (χ4n) is 2.27. The largest absolute Gasteiger partial charge is 0.360 e. The van der Waals surface area contributed by atoms with E-state index in [2.05, 4.69) is 51.6 Å². The van der Waals surface area contributed by atoms with Gasteiger partial charge in [0, 0.05) is 42.5 Å². The van der Waals surface area contributed by atoms with Crippen LogP contribution in [-0.4, -0.2) is 36.9 Å². The molecule has 0 amide bonds. The fraction of sp³-hybridized carbons (Fsp3) is 0.222. The van der Waals surface area contributed by atoms with Crippen LogP contribution in [0, 0.1) is 5.92 Å². The van der Waals surface area contributed by atoms with Crippen molar-refractivity contribution in [1.82, 2.24) is 30.4 Å². The van der Waals surface area contributed by atoms with E-state index in [1.807, 2.05) is 30.5 Å². The summed E-state index contributed by atoms with van der Waals surface area (Å²) < 4.78 is 0.793. The summed E-state index contributed by atoms with van der Waals surface area (Å²) in [5.41, 5.74) is 2.03. The molecule has 4 aromatic rings. The zero-order chi connectivity index (χ0) is 19.2. The first-order valence-corrected chi connectivity index (χ1v) is 11.1. The van der Waals surface area contributed by atoms with Crippen molar-refractivity contribution < 1.29 is 0 Å². The van der Waals surface area contributed by atoms with E-state index in [0.29, 0.717) is 0 Å². The molecule has 11 heteroatoms. The highest BCUT2D eigenvalue weighted by molar-refractivity contribution is 9.11. The second-order valence-corrected chi connectivity index (χ2v) is 9.31. The van der Waals surface area contributed by atoms with E-state index in [0.717, 1.165) is 42.7 Å². The van der Waals surface area contributed by atoms with Gasteiger partial charge in [0.05, 0.1) is 0 Å². The number of halogens is 2. The minimum Gasteiger partial charge on any atom is -0.360 e. The Balaban J connectivity index is 0.000000167. The molecule has 7 nitrogen and oxygen atoms in total. The summed E-state index contributed by atoms with van der Waals surface area (Å²) in [5, 5.41) is 22.1. The monoisotopic (exact) mass is 553 g/mol. The van der Waals surface area contributed by atoms with Crippen LogP contribution in [0.15, 0.2) is 53.0 Å². The number of nitrogens with one attached hydrogen (secondary N) is 1. The van der Waals surface area contributed by atoms with Gasteiger partial charge in [0.25, 0.3) is 0 Å². The summed E-state index contributed by atoms with van der Waals surface area (Å²) in [5.74, 6) is 0.853. The van der Waals surface area contributed by atoms with Crippen LogP contribution in [-0.2, 0) is 0 Å². The van der Waals surface area contributed by atoms with E-state index in [-0.39, 0.29) is 17.0 Å². The lowest BCUT2D eigenvalue weighted by molar-refractivity contribution is 0.882. The van der Waals surface area contributed by atoms with E-state index in [9.17, 15) is 0 Å². The summed E-state index contributed by atoms with van der Waals surface area (Å²) >= 11 is 6.33. The van der Waals surface area contributed by atoms with Crippen molar-refractivity contribution in [1.29, 1.82) is 0 Å². The molecule has 0 aromatic carbocycles. The van der Waals surface area contributed by atoms with E-state index in [4.69, 9.17) is 0 Å². The van der Waals surface area contributed by atoms with Gasteiger partial charge in [-0.25, -0.2) is 0 Å². The first-order chi connectivity index (χ1) is 13.8. The molecule has 29 heavy (non-hydrogen) atoms. The standard InChI is InChI=1S/C11H12N4S.C7H4BrN3S.BrH/c1-2-9(7-12-5-1)10-14-15-11(16-10)13-6-8-3-4-8;8-7-11-10-6(12-7)5-2-1-3-9-4-5;/h1-2,5,7-8H,3-4,6H2,(H,13,15);1-4H;1H. The first-order valence-electron chi connectivity index (χ1n) is 8.65. The van der Waals surface area contributed by atoms with Crippen molar-refractivity contribution in [2.45, 2.75) is 12.8 Å². The number of aromatic nitrogens is 6. The van der Waals surface area contributed by atoms with Crippen molar-refractivity contribution in [3.8, 4) is 21.1 Å². The van der Waals surface area contributed by atoms with Crippen LogP contribution in [0.2, 0.25) is 0 Å². The molecule has 0 radical (unpaired) electrons. The molecule has 0 atom stereocenters. The van der Waals surface area contributed by atoms with Gasteiger partial charge in [-0.1, -0.05) is 22.7 Å². The van der Waals surface area contributed by atoms with Gasteiger partial charge in [-0.3, -0.25) is 9.97 Å².